The van der Waals surface area contributed by atoms with Crippen LogP contribution in [0.25, 0.3) is 0 Å². The normalized spacial score (nSPS) is 17.7. The fraction of sp³-hybridized carbons (Fsp3) is 0.250. The van der Waals surface area contributed by atoms with Gasteiger partial charge in [0.15, 0.2) is 0 Å². The second-order valence-electron chi connectivity index (χ2n) is 8.20. The number of benzene rings is 2. The Morgan fingerprint density at radius 1 is 1.26 bits per heavy atom. The monoisotopic (exact) mass is 525 g/mol. The number of carbonyl (C=O) groups excluding carboxylic acids is 1. The van der Waals surface area contributed by atoms with Gasteiger partial charge in [-0.1, -0.05) is 41.0 Å². The lowest BCUT2D eigenvalue weighted by atomic mass is 10.1. The van der Waals surface area contributed by atoms with Gasteiger partial charge >= 0.3 is 0 Å². The van der Waals surface area contributed by atoms with Crippen molar-refractivity contribution in [2.24, 2.45) is 0 Å². The Balaban J connectivity index is 1.37. The summed E-state index contributed by atoms with van der Waals surface area (Å²) in [6.07, 6.45) is 1.50. The van der Waals surface area contributed by atoms with Gasteiger partial charge in [-0.2, -0.15) is 5.26 Å². The predicted molar refractivity (Wildman–Crippen MR) is 140 cm³/mol. The maximum atomic E-state index is 13.1. The van der Waals surface area contributed by atoms with Crippen LogP contribution in [-0.2, 0) is 0 Å². The summed E-state index contributed by atoms with van der Waals surface area (Å²) in [6.45, 7) is 4.75. The van der Waals surface area contributed by atoms with Crippen molar-refractivity contribution in [2.45, 2.75) is 18.0 Å². The summed E-state index contributed by atoms with van der Waals surface area (Å²) in [5.41, 5.74) is 3.05. The Labute approximate surface area is 217 Å². The highest BCUT2D eigenvalue weighted by Crippen LogP contribution is 2.39. The Morgan fingerprint density at radius 2 is 2.06 bits per heavy atom. The van der Waals surface area contributed by atoms with Crippen LogP contribution in [0.1, 0.15) is 22.8 Å². The number of nitrogens with one attached hydrogen (secondary N) is 2. The minimum Gasteiger partial charge on any atom is -0.365 e. The molecule has 2 aliphatic rings. The molecule has 0 bridgehead atoms. The summed E-state index contributed by atoms with van der Waals surface area (Å²) in [5, 5.41) is 17.7. The summed E-state index contributed by atoms with van der Waals surface area (Å²) in [6, 6.07) is 13.4. The maximum Gasteiger partial charge on any atom is 0.263 e. The molecule has 1 amide bonds. The number of fused-ring (bicyclic) bond motifs is 1. The number of nitriles is 1. The molecular weight excluding hydrogens is 505 g/mol. The smallest absolute Gasteiger partial charge is 0.263 e. The molecular formula is C24H21Cl2N7OS. The van der Waals surface area contributed by atoms with Crippen LogP contribution in [-0.4, -0.2) is 47.4 Å². The first-order valence-electron chi connectivity index (χ1n) is 11.0. The van der Waals surface area contributed by atoms with Crippen molar-refractivity contribution in [1.29, 1.82) is 5.26 Å². The Kier molecular flexibility index (Phi) is 6.71. The second-order valence-corrected chi connectivity index (χ2v) is 9.95. The van der Waals surface area contributed by atoms with Gasteiger partial charge in [-0.25, -0.2) is 9.97 Å². The highest BCUT2D eigenvalue weighted by Gasteiger charge is 2.30. The first-order chi connectivity index (χ1) is 17.0. The van der Waals surface area contributed by atoms with Crippen molar-refractivity contribution in [1.82, 2.24) is 15.3 Å². The van der Waals surface area contributed by atoms with Crippen LogP contribution < -0.4 is 20.4 Å². The summed E-state index contributed by atoms with van der Waals surface area (Å²) in [5.74, 6) is 0.407. The Hall–Kier alpha value is -3.03. The number of thioether (sulfide) groups is 1. The maximum absolute atomic E-state index is 13.1. The topological polar surface area (TPSA) is 97.2 Å². The number of hydrogen-bond donors (Lipinski definition) is 2. The van der Waals surface area contributed by atoms with Crippen LogP contribution in [0.15, 0.2) is 47.6 Å². The van der Waals surface area contributed by atoms with E-state index in [9.17, 15) is 10.1 Å². The molecule has 1 fully saturated rings. The van der Waals surface area contributed by atoms with Crippen LogP contribution in [0.4, 0.5) is 23.0 Å². The average molecular weight is 526 g/mol. The second kappa shape index (κ2) is 9.91. The van der Waals surface area contributed by atoms with Gasteiger partial charge in [0.25, 0.3) is 5.91 Å². The van der Waals surface area contributed by atoms with E-state index < -0.39 is 0 Å². The van der Waals surface area contributed by atoms with Crippen molar-refractivity contribution in [2.75, 3.05) is 40.6 Å². The third-order valence-electron chi connectivity index (χ3n) is 5.95. The van der Waals surface area contributed by atoms with Gasteiger partial charge in [-0.3, -0.25) is 9.69 Å². The molecule has 178 valence electrons. The van der Waals surface area contributed by atoms with E-state index in [0.717, 1.165) is 25.3 Å². The average Bonchev–Trinajstić information content (AvgIpc) is 2.85. The number of halogens is 2. The molecule has 0 saturated carbocycles. The number of para-hydroxylation sites is 1. The van der Waals surface area contributed by atoms with E-state index in [2.05, 4.69) is 38.5 Å². The van der Waals surface area contributed by atoms with Gasteiger partial charge in [0, 0.05) is 37.6 Å². The standard InChI is InChI=1S/C24H21Cl2N7OS/c1-14-11-28-7-8-32(14)20-6-5-16(9-15(20)10-27)30-24-29-12-17-22(31-24)35-13-33(23(17)34)21-18(25)3-2-4-19(21)26/h2-6,9,12,14,28H,7-8,11,13H2,1H3,(H,29,30,31)/t14-/m1/s1. The molecule has 5 rings (SSSR count). The van der Waals surface area contributed by atoms with E-state index in [1.807, 2.05) is 12.1 Å². The van der Waals surface area contributed by atoms with E-state index in [1.165, 1.54) is 22.9 Å². The Bertz CT molecular complexity index is 1330. The zero-order valence-corrected chi connectivity index (χ0v) is 21.1. The minimum atomic E-state index is -0.262. The van der Waals surface area contributed by atoms with Gasteiger partial charge < -0.3 is 15.5 Å². The van der Waals surface area contributed by atoms with Gasteiger partial charge in [-0.15, -0.1) is 0 Å². The number of anilines is 4. The summed E-state index contributed by atoms with van der Waals surface area (Å²) >= 11 is 14.0. The highest BCUT2D eigenvalue weighted by molar-refractivity contribution is 7.99. The first-order valence-corrected chi connectivity index (χ1v) is 12.7. The number of carbonyl (C=O) groups is 1. The van der Waals surface area contributed by atoms with Crippen molar-refractivity contribution < 1.29 is 4.79 Å². The van der Waals surface area contributed by atoms with Crippen molar-refractivity contribution in [3.8, 4) is 6.07 Å². The molecule has 3 aromatic rings. The van der Waals surface area contributed by atoms with E-state index >= 15 is 0 Å². The van der Waals surface area contributed by atoms with Gasteiger partial charge in [0.2, 0.25) is 5.95 Å². The van der Waals surface area contributed by atoms with Crippen LogP contribution in [0.3, 0.4) is 0 Å². The zero-order valence-electron chi connectivity index (χ0n) is 18.8. The van der Waals surface area contributed by atoms with Crippen LogP contribution >= 0.6 is 35.0 Å². The number of rotatable bonds is 4. The molecule has 8 nitrogen and oxygen atoms in total. The number of nitrogens with zero attached hydrogens (tertiary/aromatic N) is 5. The lowest BCUT2D eigenvalue weighted by Gasteiger charge is -2.36. The number of piperazine rings is 1. The molecule has 2 aliphatic heterocycles. The molecule has 2 aromatic carbocycles. The SMILES string of the molecule is C[C@@H]1CNCCN1c1ccc(Nc2ncc3c(n2)SCN(c2c(Cl)cccc2Cl)C3=O)cc1C#N. The number of amides is 1. The van der Waals surface area contributed by atoms with Gasteiger partial charge in [-0.05, 0) is 37.3 Å². The largest absolute Gasteiger partial charge is 0.365 e. The molecule has 0 aliphatic carbocycles. The molecule has 0 spiro atoms. The quantitative estimate of drug-likeness (QED) is 0.463. The van der Waals surface area contributed by atoms with Crippen LogP contribution in [0, 0.1) is 11.3 Å². The lowest BCUT2D eigenvalue weighted by molar-refractivity contribution is 0.0985. The fourth-order valence-corrected chi connectivity index (χ4v) is 5.75. The summed E-state index contributed by atoms with van der Waals surface area (Å²) in [7, 11) is 0. The minimum absolute atomic E-state index is 0.262. The summed E-state index contributed by atoms with van der Waals surface area (Å²) < 4.78 is 0. The summed E-state index contributed by atoms with van der Waals surface area (Å²) in [4.78, 5) is 25.8. The molecule has 35 heavy (non-hydrogen) atoms. The van der Waals surface area contributed by atoms with E-state index in [-0.39, 0.29) is 5.91 Å². The lowest BCUT2D eigenvalue weighted by Crippen LogP contribution is -2.50. The third kappa shape index (κ3) is 4.62. The molecule has 0 unspecified atom stereocenters. The molecule has 3 heterocycles. The molecule has 0 radical (unpaired) electrons. The van der Waals surface area contributed by atoms with Crippen molar-refractivity contribution in [3.05, 3.63) is 63.8 Å². The van der Waals surface area contributed by atoms with E-state index in [0.29, 0.717) is 55.4 Å². The van der Waals surface area contributed by atoms with E-state index in [1.54, 1.807) is 24.3 Å². The Morgan fingerprint density at radius 3 is 2.80 bits per heavy atom. The number of aromatic nitrogens is 2. The van der Waals surface area contributed by atoms with Crippen molar-refractivity contribution >= 4 is 63.9 Å². The first kappa shape index (κ1) is 23.7. The van der Waals surface area contributed by atoms with Crippen LogP contribution in [0.5, 0.6) is 0 Å². The number of hydrogen-bond acceptors (Lipinski definition) is 8. The van der Waals surface area contributed by atoms with Gasteiger partial charge in [0.1, 0.15) is 11.1 Å². The zero-order chi connectivity index (χ0) is 24.5. The molecule has 1 aromatic heterocycles. The predicted octanol–water partition coefficient (Wildman–Crippen LogP) is 4.91. The molecule has 1 saturated heterocycles. The third-order valence-corrected chi connectivity index (χ3v) is 7.53. The fourth-order valence-electron chi connectivity index (χ4n) is 4.21. The van der Waals surface area contributed by atoms with Crippen LogP contribution in [0.2, 0.25) is 10.0 Å². The molecule has 2 N–H and O–H groups in total. The molecule has 1 atom stereocenters. The highest BCUT2D eigenvalue weighted by atomic mass is 35.5. The van der Waals surface area contributed by atoms with E-state index in [4.69, 9.17) is 23.2 Å². The molecule has 11 heteroatoms. The van der Waals surface area contributed by atoms with Gasteiger partial charge in [0.05, 0.1) is 38.4 Å². The van der Waals surface area contributed by atoms with Crippen molar-refractivity contribution in [3.63, 3.8) is 0 Å².